The quantitative estimate of drug-likeness (QED) is 0.217. The molecule has 0 aromatic heterocycles. The van der Waals surface area contributed by atoms with Crippen LogP contribution in [0.3, 0.4) is 0 Å². The number of benzene rings is 2. The molecule has 8 nitrogen and oxygen atoms in total. The standard InChI is InChI=1S/C31H43NO7/c1-4-5-6-7-27(35)18-28(39-21(2)33)13-10-23-15-25(31(37)29(16-23)38-3)20-32-19-24(17-30(32)36)14-22-8-11-26(34)12-9-22/h8-9,11-12,15-16,24,27-28,34-35,37H,4-7,10,13-14,17-20H2,1-3H3. The summed E-state index contributed by atoms with van der Waals surface area (Å²) in [6.07, 6.45) is 5.45. The van der Waals surface area contributed by atoms with Crippen molar-refractivity contribution in [1.82, 2.24) is 4.90 Å². The van der Waals surface area contributed by atoms with Gasteiger partial charge in [0.05, 0.1) is 13.2 Å². The first-order valence-electron chi connectivity index (χ1n) is 14.0. The van der Waals surface area contributed by atoms with Crippen molar-refractivity contribution in [1.29, 1.82) is 0 Å². The topological polar surface area (TPSA) is 117 Å². The first-order valence-corrected chi connectivity index (χ1v) is 14.0. The normalized spacial score (nSPS) is 16.8. The van der Waals surface area contributed by atoms with Crippen LogP contribution >= 0.6 is 0 Å². The molecule has 3 unspecified atom stereocenters. The van der Waals surface area contributed by atoms with E-state index in [1.807, 2.05) is 18.2 Å². The molecule has 214 valence electrons. The fraction of sp³-hybridized carbons (Fsp3) is 0.548. The van der Waals surface area contributed by atoms with E-state index in [1.54, 1.807) is 23.1 Å². The molecule has 3 atom stereocenters. The van der Waals surface area contributed by atoms with Gasteiger partial charge in [0, 0.05) is 38.4 Å². The van der Waals surface area contributed by atoms with Gasteiger partial charge in [0.1, 0.15) is 11.9 Å². The van der Waals surface area contributed by atoms with Crippen LogP contribution in [0.4, 0.5) is 0 Å². The summed E-state index contributed by atoms with van der Waals surface area (Å²) in [5.41, 5.74) is 2.56. The zero-order chi connectivity index (χ0) is 28.4. The molecule has 0 saturated carbocycles. The van der Waals surface area contributed by atoms with Crippen molar-refractivity contribution in [2.45, 2.75) is 90.4 Å². The molecule has 3 N–H and O–H groups in total. The SMILES string of the molecule is CCCCCC(O)CC(CCc1cc(CN2CC(Cc3ccc(O)cc3)CC2=O)c(O)c(OC)c1)OC(C)=O. The van der Waals surface area contributed by atoms with Crippen LogP contribution in [0.5, 0.6) is 17.2 Å². The fourth-order valence-corrected chi connectivity index (χ4v) is 5.30. The van der Waals surface area contributed by atoms with E-state index >= 15 is 0 Å². The van der Waals surface area contributed by atoms with E-state index in [0.717, 1.165) is 36.8 Å². The second-order valence-corrected chi connectivity index (χ2v) is 10.7. The minimum Gasteiger partial charge on any atom is -0.508 e. The molecule has 0 spiro atoms. The third-order valence-corrected chi connectivity index (χ3v) is 7.31. The summed E-state index contributed by atoms with van der Waals surface area (Å²) in [6, 6.07) is 10.7. The number of carbonyl (C=O) groups excluding carboxylic acids is 2. The van der Waals surface area contributed by atoms with E-state index in [0.29, 0.717) is 50.0 Å². The van der Waals surface area contributed by atoms with Gasteiger partial charge >= 0.3 is 5.97 Å². The van der Waals surface area contributed by atoms with Crippen molar-refractivity contribution < 1.29 is 34.4 Å². The third kappa shape index (κ3) is 9.46. The average molecular weight is 542 g/mol. The number of hydrogen-bond donors (Lipinski definition) is 3. The maximum absolute atomic E-state index is 12.8. The predicted octanol–water partition coefficient (Wildman–Crippen LogP) is 4.89. The highest BCUT2D eigenvalue weighted by Crippen LogP contribution is 2.35. The molecule has 2 aromatic rings. The number of unbranched alkanes of at least 4 members (excludes halogenated alkanes) is 2. The van der Waals surface area contributed by atoms with Crippen LogP contribution in [0.1, 0.15) is 75.5 Å². The van der Waals surface area contributed by atoms with Gasteiger partial charge in [-0.25, -0.2) is 0 Å². The van der Waals surface area contributed by atoms with Gasteiger partial charge < -0.3 is 29.7 Å². The van der Waals surface area contributed by atoms with Crippen LogP contribution in [-0.2, 0) is 33.7 Å². The third-order valence-electron chi connectivity index (χ3n) is 7.31. The molecule has 1 aliphatic heterocycles. The van der Waals surface area contributed by atoms with Crippen LogP contribution < -0.4 is 4.74 Å². The highest BCUT2D eigenvalue weighted by molar-refractivity contribution is 5.78. The lowest BCUT2D eigenvalue weighted by molar-refractivity contribution is -0.148. The molecular formula is C31H43NO7. The molecule has 39 heavy (non-hydrogen) atoms. The van der Waals surface area contributed by atoms with E-state index in [4.69, 9.17) is 9.47 Å². The zero-order valence-corrected chi connectivity index (χ0v) is 23.4. The zero-order valence-electron chi connectivity index (χ0n) is 23.4. The number of phenols is 2. The number of aryl methyl sites for hydroxylation is 1. The number of methoxy groups -OCH3 is 1. The molecule has 1 aliphatic rings. The number of nitrogens with zero attached hydrogens (tertiary/aromatic N) is 1. The van der Waals surface area contributed by atoms with Gasteiger partial charge in [-0.1, -0.05) is 44.4 Å². The first-order chi connectivity index (χ1) is 18.7. The first kappa shape index (κ1) is 30.3. The Morgan fingerprint density at radius 2 is 1.85 bits per heavy atom. The summed E-state index contributed by atoms with van der Waals surface area (Å²) in [6.45, 7) is 4.34. The van der Waals surface area contributed by atoms with Crippen LogP contribution in [0.15, 0.2) is 36.4 Å². The Hall–Kier alpha value is -3.26. The lowest BCUT2D eigenvalue weighted by atomic mass is 9.98. The fourth-order valence-electron chi connectivity index (χ4n) is 5.30. The van der Waals surface area contributed by atoms with Crippen molar-refractivity contribution in [3.8, 4) is 17.2 Å². The lowest BCUT2D eigenvalue weighted by Crippen LogP contribution is -2.25. The van der Waals surface area contributed by atoms with Crippen LogP contribution in [0.25, 0.3) is 0 Å². The van der Waals surface area contributed by atoms with Crippen molar-refractivity contribution in [2.24, 2.45) is 5.92 Å². The maximum atomic E-state index is 12.8. The van der Waals surface area contributed by atoms with Crippen LogP contribution in [0, 0.1) is 5.92 Å². The van der Waals surface area contributed by atoms with Gasteiger partial charge in [-0.05, 0) is 60.9 Å². The van der Waals surface area contributed by atoms with Crippen molar-refractivity contribution in [2.75, 3.05) is 13.7 Å². The minimum atomic E-state index is -0.526. The Labute approximate surface area is 231 Å². The highest BCUT2D eigenvalue weighted by Gasteiger charge is 2.30. The molecule has 1 amide bonds. The van der Waals surface area contributed by atoms with Crippen molar-refractivity contribution in [3.05, 3.63) is 53.1 Å². The van der Waals surface area contributed by atoms with E-state index in [9.17, 15) is 24.9 Å². The number of amides is 1. The second-order valence-electron chi connectivity index (χ2n) is 10.7. The Kier molecular flexibility index (Phi) is 11.5. The summed E-state index contributed by atoms with van der Waals surface area (Å²) in [5.74, 6) is 0.378. The van der Waals surface area contributed by atoms with Crippen molar-refractivity contribution >= 4 is 11.9 Å². The van der Waals surface area contributed by atoms with Gasteiger partial charge in [0.15, 0.2) is 11.5 Å². The predicted molar refractivity (Wildman–Crippen MR) is 149 cm³/mol. The molecule has 0 radical (unpaired) electrons. The van der Waals surface area contributed by atoms with Gasteiger partial charge in [-0.2, -0.15) is 0 Å². The molecule has 1 saturated heterocycles. The monoisotopic (exact) mass is 541 g/mol. The van der Waals surface area contributed by atoms with Gasteiger partial charge in [-0.15, -0.1) is 0 Å². The Bertz CT molecular complexity index is 1090. The van der Waals surface area contributed by atoms with Gasteiger partial charge in [-0.3, -0.25) is 9.59 Å². The van der Waals surface area contributed by atoms with Gasteiger partial charge in [0.25, 0.3) is 0 Å². The lowest BCUT2D eigenvalue weighted by Gasteiger charge is -2.22. The average Bonchev–Trinajstić information content (AvgIpc) is 3.23. The Morgan fingerprint density at radius 3 is 2.51 bits per heavy atom. The molecule has 0 bridgehead atoms. The molecule has 1 fully saturated rings. The van der Waals surface area contributed by atoms with E-state index in [2.05, 4.69) is 6.92 Å². The number of rotatable bonds is 15. The number of phenolic OH excluding ortho intramolecular Hbond substituents is 2. The summed E-state index contributed by atoms with van der Waals surface area (Å²) >= 11 is 0. The maximum Gasteiger partial charge on any atom is 0.302 e. The Balaban J connectivity index is 1.65. The number of aromatic hydroxyl groups is 2. The summed E-state index contributed by atoms with van der Waals surface area (Å²) in [7, 11) is 1.49. The Morgan fingerprint density at radius 1 is 1.10 bits per heavy atom. The molecule has 3 rings (SSSR count). The molecule has 2 aromatic carbocycles. The van der Waals surface area contributed by atoms with Crippen LogP contribution in [0.2, 0.25) is 0 Å². The second kappa shape index (κ2) is 14.8. The molecule has 8 heteroatoms. The number of likely N-dealkylation sites (tertiary alicyclic amines) is 1. The van der Waals surface area contributed by atoms with E-state index in [-0.39, 0.29) is 35.8 Å². The minimum absolute atomic E-state index is 0.0129. The number of ether oxygens (including phenoxy) is 2. The number of hydrogen-bond acceptors (Lipinski definition) is 7. The molecule has 1 heterocycles. The summed E-state index contributed by atoms with van der Waals surface area (Å²) < 4.78 is 10.9. The molecule has 0 aliphatic carbocycles. The van der Waals surface area contributed by atoms with Crippen molar-refractivity contribution in [3.63, 3.8) is 0 Å². The smallest absolute Gasteiger partial charge is 0.302 e. The number of carbonyl (C=O) groups is 2. The molecular weight excluding hydrogens is 498 g/mol. The van der Waals surface area contributed by atoms with Crippen LogP contribution in [-0.4, -0.2) is 58.0 Å². The summed E-state index contributed by atoms with van der Waals surface area (Å²) in [5, 5.41) is 30.8. The van der Waals surface area contributed by atoms with Gasteiger partial charge in [0.2, 0.25) is 5.91 Å². The highest BCUT2D eigenvalue weighted by atomic mass is 16.5. The summed E-state index contributed by atoms with van der Waals surface area (Å²) in [4.78, 5) is 26.2. The van der Waals surface area contributed by atoms with E-state index in [1.165, 1.54) is 14.0 Å². The van der Waals surface area contributed by atoms with E-state index < -0.39 is 12.2 Å². The number of esters is 1. The number of aliphatic hydroxyl groups excluding tert-OH is 1. The number of aliphatic hydroxyl groups is 1. The largest absolute Gasteiger partial charge is 0.508 e.